The second-order valence-electron chi connectivity index (χ2n) is 7.14. The lowest BCUT2D eigenvalue weighted by Crippen LogP contribution is -2.01. The average molecular weight is 466 g/mol. The zero-order valence-electron chi connectivity index (χ0n) is 18.7. The first-order valence-electron chi connectivity index (χ1n) is 10.0. The summed E-state index contributed by atoms with van der Waals surface area (Å²) in [5, 5.41) is 2.99. The van der Waals surface area contributed by atoms with E-state index in [1.54, 1.807) is 43.5 Å². The maximum Gasteiger partial charge on any atom is 0.282 e. The predicted molar refractivity (Wildman–Crippen MR) is 129 cm³/mol. The fourth-order valence-corrected chi connectivity index (χ4v) is 4.68. The highest BCUT2D eigenvalue weighted by Gasteiger charge is 2.21. The van der Waals surface area contributed by atoms with Crippen molar-refractivity contribution >= 4 is 37.8 Å². The van der Waals surface area contributed by atoms with Crippen molar-refractivity contribution in [1.29, 1.82) is 0 Å². The summed E-state index contributed by atoms with van der Waals surface area (Å²) in [6, 6.07) is 17.6. The van der Waals surface area contributed by atoms with E-state index in [9.17, 15) is 8.42 Å². The van der Waals surface area contributed by atoms with Gasteiger partial charge in [-0.1, -0.05) is 30.3 Å². The molecule has 7 nitrogen and oxygen atoms in total. The summed E-state index contributed by atoms with van der Waals surface area (Å²) >= 11 is 0. The zero-order valence-corrected chi connectivity index (χ0v) is 19.5. The van der Waals surface area contributed by atoms with E-state index in [4.69, 9.17) is 18.9 Å². The van der Waals surface area contributed by atoms with Crippen molar-refractivity contribution in [3.63, 3.8) is 0 Å². The summed E-state index contributed by atoms with van der Waals surface area (Å²) in [7, 11) is 2.15. The van der Waals surface area contributed by atoms with Crippen LogP contribution in [0.4, 0.5) is 0 Å². The minimum absolute atomic E-state index is 0.100. The molecule has 0 amide bonds. The molecule has 4 rings (SSSR count). The molecule has 8 heteroatoms. The van der Waals surface area contributed by atoms with Crippen LogP contribution >= 0.6 is 0 Å². The molecule has 33 heavy (non-hydrogen) atoms. The van der Waals surface area contributed by atoms with Crippen LogP contribution in [-0.2, 0) is 10.0 Å². The van der Waals surface area contributed by atoms with Gasteiger partial charge >= 0.3 is 0 Å². The van der Waals surface area contributed by atoms with Gasteiger partial charge in [-0.3, -0.25) is 0 Å². The van der Waals surface area contributed by atoms with Crippen LogP contribution in [-0.4, -0.2) is 43.1 Å². The molecule has 0 aromatic heterocycles. The predicted octanol–water partition coefficient (Wildman–Crippen LogP) is 4.84. The molecule has 0 saturated heterocycles. The topological polar surface area (TPSA) is 83.4 Å². The van der Waals surface area contributed by atoms with Crippen LogP contribution in [0.2, 0.25) is 0 Å². The van der Waals surface area contributed by atoms with E-state index in [0.29, 0.717) is 39.3 Å². The molecule has 4 aromatic carbocycles. The van der Waals surface area contributed by atoms with Gasteiger partial charge in [-0.25, -0.2) is 0 Å². The number of ether oxygens (including phenoxy) is 4. The van der Waals surface area contributed by atoms with E-state index in [-0.39, 0.29) is 4.90 Å². The van der Waals surface area contributed by atoms with Crippen LogP contribution in [0.3, 0.4) is 0 Å². The van der Waals surface area contributed by atoms with Gasteiger partial charge in [-0.15, -0.1) is 0 Å². The summed E-state index contributed by atoms with van der Waals surface area (Å²) in [5.41, 5.74) is 0.415. The van der Waals surface area contributed by atoms with Crippen LogP contribution in [0.15, 0.2) is 70.0 Å². The minimum atomic E-state index is -3.96. The molecule has 0 saturated carbocycles. The van der Waals surface area contributed by atoms with Crippen LogP contribution in [0.25, 0.3) is 21.5 Å². The second kappa shape index (κ2) is 8.99. The summed E-state index contributed by atoms with van der Waals surface area (Å²) in [6.07, 6.45) is 1.25. The Hall–Kier alpha value is -3.78. The highest BCUT2D eigenvalue weighted by atomic mass is 32.2. The molecule has 0 aliphatic carbocycles. The van der Waals surface area contributed by atoms with Gasteiger partial charge in [-0.2, -0.15) is 12.8 Å². The molecule has 0 unspecified atom stereocenters. The number of hydrogen-bond donors (Lipinski definition) is 0. The SMILES string of the molecule is COc1ccc(OC)c2c(OC)c(C=NS(=O)(=O)c3ccc4ccccc4c3)cc(OC)c12. The Bertz CT molecular complexity index is 1480. The van der Waals surface area contributed by atoms with E-state index >= 15 is 0 Å². The van der Waals surface area contributed by atoms with Crippen LogP contribution in [0.5, 0.6) is 23.0 Å². The number of methoxy groups -OCH3 is 4. The molecule has 0 heterocycles. The fourth-order valence-electron chi connectivity index (χ4n) is 3.79. The first kappa shape index (κ1) is 22.4. The molecule has 0 aliphatic heterocycles. The van der Waals surface area contributed by atoms with Gasteiger partial charge in [-0.05, 0) is 41.1 Å². The molecule has 0 bridgehead atoms. The van der Waals surface area contributed by atoms with Gasteiger partial charge in [0, 0.05) is 5.56 Å². The van der Waals surface area contributed by atoms with E-state index < -0.39 is 10.0 Å². The van der Waals surface area contributed by atoms with Gasteiger partial charge < -0.3 is 18.9 Å². The quantitative estimate of drug-likeness (QED) is 0.364. The van der Waals surface area contributed by atoms with Crippen molar-refractivity contribution in [2.45, 2.75) is 4.90 Å². The van der Waals surface area contributed by atoms with Gasteiger partial charge in [0.25, 0.3) is 10.0 Å². The summed E-state index contributed by atoms with van der Waals surface area (Å²) in [4.78, 5) is 0.100. The Kier molecular flexibility index (Phi) is 6.11. The van der Waals surface area contributed by atoms with E-state index in [0.717, 1.165) is 10.8 Å². The summed E-state index contributed by atoms with van der Waals surface area (Å²) in [5.74, 6) is 1.94. The van der Waals surface area contributed by atoms with E-state index in [1.807, 2.05) is 24.3 Å². The van der Waals surface area contributed by atoms with Gasteiger partial charge in [0.05, 0.1) is 50.3 Å². The Morgan fingerprint density at radius 1 is 0.697 bits per heavy atom. The summed E-state index contributed by atoms with van der Waals surface area (Å²) in [6.45, 7) is 0. The van der Waals surface area contributed by atoms with Crippen molar-refractivity contribution in [3.8, 4) is 23.0 Å². The Morgan fingerprint density at radius 3 is 1.97 bits per heavy atom. The summed E-state index contributed by atoms with van der Waals surface area (Å²) < 4.78 is 52.1. The lowest BCUT2D eigenvalue weighted by Gasteiger charge is -2.17. The number of sulfonamides is 1. The molecule has 0 spiro atoms. The van der Waals surface area contributed by atoms with Crippen LogP contribution in [0, 0.1) is 0 Å². The van der Waals surface area contributed by atoms with Gasteiger partial charge in [0.15, 0.2) is 0 Å². The highest BCUT2D eigenvalue weighted by Crippen LogP contribution is 2.45. The second-order valence-corrected chi connectivity index (χ2v) is 8.77. The first-order valence-corrected chi connectivity index (χ1v) is 11.5. The monoisotopic (exact) mass is 465 g/mol. The third-order valence-corrected chi connectivity index (χ3v) is 6.60. The maximum atomic E-state index is 13.0. The fraction of sp³-hybridized carbons (Fsp3) is 0.160. The van der Waals surface area contributed by atoms with Crippen molar-refractivity contribution in [2.24, 2.45) is 4.40 Å². The third-order valence-electron chi connectivity index (χ3n) is 5.36. The average Bonchev–Trinajstić information content (AvgIpc) is 2.85. The number of fused-ring (bicyclic) bond motifs is 2. The molecular weight excluding hydrogens is 442 g/mol. The number of hydrogen-bond acceptors (Lipinski definition) is 6. The molecular formula is C25H23NO6S. The smallest absolute Gasteiger partial charge is 0.282 e. The Balaban J connectivity index is 1.88. The standard InChI is InChI=1S/C25H23NO6S/c1-29-20-11-12-21(30-2)24-23(20)22(31-3)14-18(25(24)32-4)15-26-33(27,28)19-10-9-16-7-5-6-8-17(16)13-19/h5-15H,1-4H3. The lowest BCUT2D eigenvalue weighted by molar-refractivity contribution is 0.392. The Labute approximate surface area is 192 Å². The number of rotatable bonds is 7. The maximum absolute atomic E-state index is 13.0. The highest BCUT2D eigenvalue weighted by molar-refractivity contribution is 7.90. The number of benzene rings is 4. The molecule has 0 N–H and O–H groups in total. The van der Waals surface area contributed by atoms with Crippen molar-refractivity contribution < 1.29 is 27.4 Å². The van der Waals surface area contributed by atoms with Gasteiger partial charge in [0.1, 0.15) is 23.0 Å². The molecule has 0 aliphatic rings. The minimum Gasteiger partial charge on any atom is -0.496 e. The van der Waals surface area contributed by atoms with Crippen molar-refractivity contribution in [3.05, 3.63) is 66.2 Å². The number of nitrogens with zero attached hydrogens (tertiary/aromatic N) is 1. The molecule has 0 fully saturated rings. The Morgan fingerprint density at radius 2 is 1.33 bits per heavy atom. The lowest BCUT2D eigenvalue weighted by atomic mass is 10.0. The third kappa shape index (κ3) is 4.05. The van der Waals surface area contributed by atoms with Crippen LogP contribution in [0.1, 0.15) is 5.56 Å². The van der Waals surface area contributed by atoms with Gasteiger partial charge in [0.2, 0.25) is 0 Å². The van der Waals surface area contributed by atoms with Crippen LogP contribution < -0.4 is 18.9 Å². The molecule has 0 radical (unpaired) electrons. The largest absolute Gasteiger partial charge is 0.496 e. The first-order chi connectivity index (χ1) is 15.9. The molecule has 0 atom stereocenters. The molecule has 4 aromatic rings. The van der Waals surface area contributed by atoms with E-state index in [2.05, 4.69) is 4.40 Å². The van der Waals surface area contributed by atoms with Crippen molar-refractivity contribution in [1.82, 2.24) is 0 Å². The van der Waals surface area contributed by atoms with Crippen molar-refractivity contribution in [2.75, 3.05) is 28.4 Å². The zero-order chi connectivity index (χ0) is 23.6. The normalized spacial score (nSPS) is 11.8. The molecule has 170 valence electrons. The van der Waals surface area contributed by atoms with E-state index in [1.165, 1.54) is 27.5 Å².